The normalized spacial score (nSPS) is 16.6. The lowest BCUT2D eigenvalue weighted by Gasteiger charge is -2.23. The average Bonchev–Trinajstić information content (AvgIpc) is 2.77. The van der Waals surface area contributed by atoms with E-state index < -0.39 is 6.10 Å². The molecular formula is C24H30N2O3. The van der Waals surface area contributed by atoms with Crippen LogP contribution in [-0.4, -0.2) is 22.8 Å². The van der Waals surface area contributed by atoms with Crippen molar-refractivity contribution in [3.63, 3.8) is 0 Å². The molecule has 0 aromatic heterocycles. The monoisotopic (exact) mass is 394 g/mol. The second kappa shape index (κ2) is 8.68. The molecule has 5 heteroatoms. The van der Waals surface area contributed by atoms with Gasteiger partial charge in [0.15, 0.2) is 6.10 Å². The Balaban J connectivity index is 1.83. The van der Waals surface area contributed by atoms with Gasteiger partial charge in [-0.05, 0) is 35.6 Å². The molecule has 0 fully saturated rings. The highest BCUT2D eigenvalue weighted by atomic mass is 16.5. The summed E-state index contributed by atoms with van der Waals surface area (Å²) in [6.45, 7) is 9.04. The standard InChI is InChI=1S/C24H30N2O3/c1-5-20-23(28)26(15-17-9-7-6-8-10-17)16-18-13-19(11-12-21(18)29-20)25-22(27)14-24(2,3)4/h6-13,20H,5,14-16H2,1-4H3,(H,25,27). The van der Waals surface area contributed by atoms with Gasteiger partial charge in [-0.2, -0.15) is 0 Å². The van der Waals surface area contributed by atoms with E-state index in [0.717, 1.165) is 16.8 Å². The van der Waals surface area contributed by atoms with Gasteiger partial charge < -0.3 is 15.0 Å². The summed E-state index contributed by atoms with van der Waals surface area (Å²) < 4.78 is 6.02. The third-order valence-corrected chi connectivity index (χ3v) is 4.84. The molecule has 0 saturated heterocycles. The van der Waals surface area contributed by atoms with E-state index in [1.807, 2.05) is 81.1 Å². The molecule has 0 aliphatic carbocycles. The second-order valence-electron chi connectivity index (χ2n) is 8.80. The minimum atomic E-state index is -0.499. The van der Waals surface area contributed by atoms with Gasteiger partial charge in [-0.3, -0.25) is 9.59 Å². The summed E-state index contributed by atoms with van der Waals surface area (Å²) in [6.07, 6.45) is 0.548. The topological polar surface area (TPSA) is 58.6 Å². The van der Waals surface area contributed by atoms with Crippen molar-refractivity contribution in [1.82, 2.24) is 4.90 Å². The van der Waals surface area contributed by atoms with Gasteiger partial charge in [0.2, 0.25) is 5.91 Å². The van der Waals surface area contributed by atoms with Gasteiger partial charge in [-0.1, -0.05) is 58.0 Å². The summed E-state index contributed by atoms with van der Waals surface area (Å²) in [7, 11) is 0. The van der Waals surface area contributed by atoms with Crippen LogP contribution in [0.3, 0.4) is 0 Å². The first kappa shape index (κ1) is 20.9. The maximum atomic E-state index is 13.0. The highest BCUT2D eigenvalue weighted by Crippen LogP contribution is 2.30. The molecule has 29 heavy (non-hydrogen) atoms. The zero-order chi connectivity index (χ0) is 21.0. The molecule has 1 N–H and O–H groups in total. The molecule has 5 nitrogen and oxygen atoms in total. The number of amides is 2. The minimum absolute atomic E-state index is 0.00845. The number of nitrogens with zero attached hydrogens (tertiary/aromatic N) is 1. The summed E-state index contributed by atoms with van der Waals surface area (Å²) >= 11 is 0. The fourth-order valence-corrected chi connectivity index (χ4v) is 3.47. The van der Waals surface area contributed by atoms with Crippen LogP contribution in [0.15, 0.2) is 48.5 Å². The van der Waals surface area contributed by atoms with Crippen molar-refractivity contribution in [3.05, 3.63) is 59.7 Å². The maximum absolute atomic E-state index is 13.0. The Bertz CT molecular complexity index is 871. The molecule has 0 bridgehead atoms. The number of hydrogen-bond acceptors (Lipinski definition) is 3. The molecule has 3 rings (SSSR count). The lowest BCUT2D eigenvalue weighted by atomic mass is 9.92. The molecule has 1 heterocycles. The van der Waals surface area contributed by atoms with E-state index in [2.05, 4.69) is 5.32 Å². The average molecular weight is 395 g/mol. The number of hydrogen-bond donors (Lipinski definition) is 1. The smallest absolute Gasteiger partial charge is 0.264 e. The van der Waals surface area contributed by atoms with Crippen LogP contribution in [0.5, 0.6) is 5.75 Å². The number of ether oxygens (including phenoxy) is 1. The molecule has 154 valence electrons. The SMILES string of the molecule is CCC1Oc2ccc(NC(=O)CC(C)(C)C)cc2CN(Cc2ccccc2)C1=O. The molecular weight excluding hydrogens is 364 g/mol. The summed E-state index contributed by atoms with van der Waals surface area (Å²) in [5.41, 5.74) is 2.63. The first-order chi connectivity index (χ1) is 13.7. The van der Waals surface area contributed by atoms with Gasteiger partial charge in [0.1, 0.15) is 5.75 Å². The quantitative estimate of drug-likeness (QED) is 0.795. The van der Waals surface area contributed by atoms with Gasteiger partial charge in [0, 0.05) is 30.8 Å². The van der Waals surface area contributed by atoms with E-state index in [1.165, 1.54) is 0 Å². The van der Waals surface area contributed by atoms with Crippen molar-refractivity contribution in [3.8, 4) is 5.75 Å². The molecule has 2 amide bonds. The Morgan fingerprint density at radius 2 is 1.90 bits per heavy atom. The Morgan fingerprint density at radius 1 is 1.17 bits per heavy atom. The zero-order valence-corrected chi connectivity index (χ0v) is 17.7. The van der Waals surface area contributed by atoms with Crippen LogP contribution in [0.2, 0.25) is 0 Å². The van der Waals surface area contributed by atoms with Gasteiger partial charge >= 0.3 is 0 Å². The molecule has 0 saturated carbocycles. The number of nitrogens with one attached hydrogen (secondary N) is 1. The third-order valence-electron chi connectivity index (χ3n) is 4.84. The van der Waals surface area contributed by atoms with E-state index in [9.17, 15) is 9.59 Å². The van der Waals surface area contributed by atoms with E-state index >= 15 is 0 Å². The molecule has 2 aromatic carbocycles. The van der Waals surface area contributed by atoms with Crippen LogP contribution in [0.4, 0.5) is 5.69 Å². The van der Waals surface area contributed by atoms with Crippen LogP contribution < -0.4 is 10.1 Å². The van der Waals surface area contributed by atoms with Gasteiger partial charge in [0.05, 0.1) is 0 Å². The number of carbonyl (C=O) groups excluding carboxylic acids is 2. The lowest BCUT2D eigenvalue weighted by molar-refractivity contribution is -0.139. The van der Waals surface area contributed by atoms with Crippen LogP contribution in [0.1, 0.15) is 51.7 Å². The van der Waals surface area contributed by atoms with Crippen molar-refractivity contribution in [2.45, 2.75) is 59.7 Å². The lowest BCUT2D eigenvalue weighted by Crippen LogP contribution is -2.38. The summed E-state index contributed by atoms with van der Waals surface area (Å²) in [5.74, 6) is 0.677. The highest BCUT2D eigenvalue weighted by Gasteiger charge is 2.30. The Kier molecular flexibility index (Phi) is 6.26. The first-order valence-electron chi connectivity index (χ1n) is 10.2. The molecule has 1 aliphatic rings. The Hall–Kier alpha value is -2.82. The Morgan fingerprint density at radius 3 is 2.55 bits per heavy atom. The summed E-state index contributed by atoms with van der Waals surface area (Å²) in [6, 6.07) is 15.6. The molecule has 0 radical (unpaired) electrons. The van der Waals surface area contributed by atoms with Crippen LogP contribution in [-0.2, 0) is 22.7 Å². The third kappa shape index (κ3) is 5.59. The Labute approximate surface area is 173 Å². The molecule has 1 unspecified atom stereocenters. The van der Waals surface area contributed by atoms with Crippen molar-refractivity contribution >= 4 is 17.5 Å². The van der Waals surface area contributed by atoms with E-state index in [-0.39, 0.29) is 17.2 Å². The van der Waals surface area contributed by atoms with E-state index in [1.54, 1.807) is 0 Å². The molecule has 1 atom stereocenters. The summed E-state index contributed by atoms with van der Waals surface area (Å²) in [5, 5.41) is 2.97. The molecule has 0 spiro atoms. The predicted molar refractivity (Wildman–Crippen MR) is 115 cm³/mol. The number of rotatable bonds is 5. The van der Waals surface area contributed by atoms with Crippen LogP contribution in [0.25, 0.3) is 0 Å². The molecule has 1 aliphatic heterocycles. The largest absolute Gasteiger partial charge is 0.480 e. The number of carbonyl (C=O) groups is 2. The summed E-state index contributed by atoms with van der Waals surface area (Å²) in [4.78, 5) is 27.1. The highest BCUT2D eigenvalue weighted by molar-refractivity contribution is 5.91. The predicted octanol–water partition coefficient (Wildman–Crippen LogP) is 4.76. The van der Waals surface area contributed by atoms with E-state index in [0.29, 0.717) is 31.7 Å². The number of fused-ring (bicyclic) bond motifs is 1. The van der Waals surface area contributed by atoms with Crippen molar-refractivity contribution in [1.29, 1.82) is 0 Å². The number of anilines is 1. The fourth-order valence-electron chi connectivity index (χ4n) is 3.47. The number of benzene rings is 2. The fraction of sp³-hybridized carbons (Fsp3) is 0.417. The molecule has 2 aromatic rings. The van der Waals surface area contributed by atoms with Crippen molar-refractivity contribution in [2.24, 2.45) is 5.41 Å². The van der Waals surface area contributed by atoms with Crippen molar-refractivity contribution in [2.75, 3.05) is 5.32 Å². The first-order valence-corrected chi connectivity index (χ1v) is 10.2. The maximum Gasteiger partial charge on any atom is 0.264 e. The van der Waals surface area contributed by atoms with E-state index in [4.69, 9.17) is 4.74 Å². The second-order valence-corrected chi connectivity index (χ2v) is 8.80. The van der Waals surface area contributed by atoms with Gasteiger partial charge in [-0.25, -0.2) is 0 Å². The van der Waals surface area contributed by atoms with Gasteiger partial charge in [-0.15, -0.1) is 0 Å². The zero-order valence-electron chi connectivity index (χ0n) is 17.7. The van der Waals surface area contributed by atoms with Crippen molar-refractivity contribution < 1.29 is 14.3 Å². The van der Waals surface area contributed by atoms with Crippen LogP contribution >= 0.6 is 0 Å². The van der Waals surface area contributed by atoms with Gasteiger partial charge in [0.25, 0.3) is 5.91 Å². The van der Waals surface area contributed by atoms with Crippen LogP contribution in [0, 0.1) is 5.41 Å². The minimum Gasteiger partial charge on any atom is -0.480 e.